The molecule has 0 saturated heterocycles. The predicted octanol–water partition coefficient (Wildman–Crippen LogP) is 2.60. The molecule has 2 nitrogen and oxygen atoms in total. The zero-order valence-electron chi connectivity index (χ0n) is 10.7. The summed E-state index contributed by atoms with van der Waals surface area (Å²) in [4.78, 5) is 3.88. The van der Waals surface area contributed by atoms with E-state index < -0.39 is 0 Å². The highest BCUT2D eigenvalue weighted by atomic mass is 32.1. The number of nitrogens with two attached hydrogens (primary N) is 1. The van der Waals surface area contributed by atoms with Crippen molar-refractivity contribution in [3.8, 4) is 0 Å². The molecular weight excluding hydrogens is 216 g/mol. The highest BCUT2D eigenvalue weighted by Crippen LogP contribution is 2.18. The molecule has 1 aromatic heterocycles. The van der Waals surface area contributed by atoms with Gasteiger partial charge in [0.25, 0.3) is 0 Å². The van der Waals surface area contributed by atoms with E-state index in [-0.39, 0.29) is 5.41 Å². The maximum Gasteiger partial charge on any atom is 0.00579 e. The smallest absolute Gasteiger partial charge is 0.00579 e. The lowest BCUT2D eigenvalue weighted by Crippen LogP contribution is -2.30. The van der Waals surface area contributed by atoms with Gasteiger partial charge in [0, 0.05) is 11.4 Å². The van der Waals surface area contributed by atoms with Crippen LogP contribution < -0.4 is 5.73 Å². The largest absolute Gasteiger partial charge is 0.330 e. The van der Waals surface area contributed by atoms with Gasteiger partial charge in [-0.1, -0.05) is 19.9 Å². The lowest BCUT2D eigenvalue weighted by molar-refractivity contribution is 0.256. The van der Waals surface area contributed by atoms with Crippen LogP contribution in [-0.2, 0) is 6.42 Å². The van der Waals surface area contributed by atoms with E-state index in [1.54, 1.807) is 0 Å². The summed E-state index contributed by atoms with van der Waals surface area (Å²) >= 11 is 1.85. The van der Waals surface area contributed by atoms with Crippen LogP contribution in [0, 0.1) is 5.41 Å². The first-order valence-corrected chi connectivity index (χ1v) is 6.82. The minimum Gasteiger partial charge on any atom is -0.330 e. The van der Waals surface area contributed by atoms with Crippen molar-refractivity contribution in [2.45, 2.75) is 26.7 Å². The van der Waals surface area contributed by atoms with Crippen molar-refractivity contribution in [1.82, 2.24) is 4.90 Å². The van der Waals surface area contributed by atoms with Crippen molar-refractivity contribution in [2.75, 3.05) is 26.7 Å². The maximum absolute atomic E-state index is 5.73. The van der Waals surface area contributed by atoms with Gasteiger partial charge in [-0.3, -0.25) is 0 Å². The fourth-order valence-corrected chi connectivity index (χ4v) is 2.16. The van der Waals surface area contributed by atoms with Gasteiger partial charge in [-0.15, -0.1) is 11.3 Å². The Morgan fingerprint density at radius 2 is 2.12 bits per heavy atom. The van der Waals surface area contributed by atoms with Crippen molar-refractivity contribution < 1.29 is 0 Å². The van der Waals surface area contributed by atoms with E-state index in [0.717, 1.165) is 26.1 Å². The molecule has 0 atom stereocenters. The molecule has 3 heteroatoms. The molecule has 1 heterocycles. The summed E-state index contributed by atoms with van der Waals surface area (Å²) in [6.45, 7) is 7.52. The predicted molar refractivity (Wildman–Crippen MR) is 73.0 cm³/mol. The second-order valence-corrected chi connectivity index (χ2v) is 6.28. The molecule has 0 spiro atoms. The molecule has 1 aromatic rings. The standard InChI is InChI=1S/C13H24N2S/c1-13(2,11-14)7-9-15(3)8-6-12-5-4-10-16-12/h4-5,10H,6-9,11,14H2,1-3H3. The molecule has 1 rings (SSSR count). The minimum atomic E-state index is 0.275. The molecule has 92 valence electrons. The third kappa shape index (κ3) is 5.10. The van der Waals surface area contributed by atoms with Gasteiger partial charge in [-0.25, -0.2) is 0 Å². The van der Waals surface area contributed by atoms with Crippen LogP contribution in [0.1, 0.15) is 25.1 Å². The molecule has 0 aliphatic carbocycles. The van der Waals surface area contributed by atoms with Crippen molar-refractivity contribution in [3.05, 3.63) is 22.4 Å². The quantitative estimate of drug-likeness (QED) is 0.794. The zero-order chi connectivity index (χ0) is 12.0. The van der Waals surface area contributed by atoms with E-state index in [2.05, 4.69) is 43.3 Å². The molecule has 16 heavy (non-hydrogen) atoms. The molecule has 0 aliphatic heterocycles. The second kappa shape index (κ2) is 6.38. The van der Waals surface area contributed by atoms with Crippen molar-refractivity contribution >= 4 is 11.3 Å². The van der Waals surface area contributed by atoms with E-state index in [0.29, 0.717) is 0 Å². The van der Waals surface area contributed by atoms with Crippen LogP contribution in [0.4, 0.5) is 0 Å². The molecule has 0 unspecified atom stereocenters. The number of nitrogens with zero attached hydrogens (tertiary/aromatic N) is 1. The number of hydrogen-bond donors (Lipinski definition) is 1. The lowest BCUT2D eigenvalue weighted by atomic mass is 9.89. The molecule has 0 amide bonds. The Balaban J connectivity index is 2.18. The van der Waals surface area contributed by atoms with Gasteiger partial charge in [0.1, 0.15) is 0 Å². The van der Waals surface area contributed by atoms with E-state index >= 15 is 0 Å². The Kier molecular flexibility index (Phi) is 5.46. The third-order valence-electron chi connectivity index (χ3n) is 3.04. The summed E-state index contributed by atoms with van der Waals surface area (Å²) < 4.78 is 0. The molecule has 0 aliphatic rings. The first-order valence-electron chi connectivity index (χ1n) is 5.94. The Bertz CT molecular complexity index is 280. The van der Waals surface area contributed by atoms with Gasteiger partial charge in [0.15, 0.2) is 0 Å². The Morgan fingerprint density at radius 3 is 2.69 bits per heavy atom. The Hall–Kier alpha value is -0.380. The first-order chi connectivity index (χ1) is 7.53. The van der Waals surface area contributed by atoms with Crippen LogP contribution in [0.25, 0.3) is 0 Å². The number of likely N-dealkylation sites (N-methyl/N-ethyl adjacent to an activating group) is 1. The Labute approximate surface area is 103 Å². The van der Waals surface area contributed by atoms with Crippen LogP contribution >= 0.6 is 11.3 Å². The van der Waals surface area contributed by atoms with Gasteiger partial charge in [0.05, 0.1) is 0 Å². The average molecular weight is 240 g/mol. The van der Waals surface area contributed by atoms with E-state index in [1.807, 2.05) is 11.3 Å². The van der Waals surface area contributed by atoms with Gasteiger partial charge in [0.2, 0.25) is 0 Å². The van der Waals surface area contributed by atoms with Crippen LogP contribution in [0.3, 0.4) is 0 Å². The second-order valence-electron chi connectivity index (χ2n) is 5.25. The van der Waals surface area contributed by atoms with Crippen LogP contribution in [-0.4, -0.2) is 31.6 Å². The topological polar surface area (TPSA) is 29.3 Å². The van der Waals surface area contributed by atoms with Crippen molar-refractivity contribution in [1.29, 1.82) is 0 Å². The first kappa shape index (κ1) is 13.7. The van der Waals surface area contributed by atoms with Crippen molar-refractivity contribution in [3.63, 3.8) is 0 Å². The SMILES string of the molecule is CN(CCc1cccs1)CCC(C)(C)CN. The Morgan fingerprint density at radius 1 is 1.38 bits per heavy atom. The normalized spacial score (nSPS) is 12.3. The van der Waals surface area contributed by atoms with Crippen LogP contribution in [0.15, 0.2) is 17.5 Å². The summed E-state index contributed by atoms with van der Waals surface area (Å²) in [5, 5.41) is 2.15. The highest BCUT2D eigenvalue weighted by molar-refractivity contribution is 7.09. The van der Waals surface area contributed by atoms with Gasteiger partial charge in [-0.2, -0.15) is 0 Å². The monoisotopic (exact) mass is 240 g/mol. The molecule has 2 N–H and O–H groups in total. The number of thiophene rings is 1. The van der Waals surface area contributed by atoms with Gasteiger partial charge >= 0.3 is 0 Å². The molecule has 0 fully saturated rings. The third-order valence-corrected chi connectivity index (χ3v) is 3.98. The number of hydrogen-bond acceptors (Lipinski definition) is 3. The minimum absolute atomic E-state index is 0.275. The highest BCUT2D eigenvalue weighted by Gasteiger charge is 2.15. The van der Waals surface area contributed by atoms with E-state index in [1.165, 1.54) is 11.3 Å². The summed E-state index contributed by atoms with van der Waals surface area (Å²) in [6.07, 6.45) is 2.33. The number of rotatable bonds is 7. The summed E-state index contributed by atoms with van der Waals surface area (Å²) in [5.41, 5.74) is 6.00. The van der Waals surface area contributed by atoms with Crippen LogP contribution in [0.5, 0.6) is 0 Å². The average Bonchev–Trinajstić information content (AvgIpc) is 2.76. The summed E-state index contributed by atoms with van der Waals surface area (Å²) in [6, 6.07) is 4.33. The lowest BCUT2D eigenvalue weighted by Gasteiger charge is -2.25. The van der Waals surface area contributed by atoms with Gasteiger partial charge in [-0.05, 0) is 49.8 Å². The molecule has 0 saturated carbocycles. The van der Waals surface area contributed by atoms with Crippen LogP contribution in [0.2, 0.25) is 0 Å². The maximum atomic E-state index is 5.73. The molecular formula is C13H24N2S. The zero-order valence-corrected chi connectivity index (χ0v) is 11.5. The molecule has 0 radical (unpaired) electrons. The molecule has 0 bridgehead atoms. The van der Waals surface area contributed by atoms with Crippen molar-refractivity contribution in [2.24, 2.45) is 11.1 Å². The molecule has 0 aromatic carbocycles. The summed E-state index contributed by atoms with van der Waals surface area (Å²) in [5.74, 6) is 0. The van der Waals surface area contributed by atoms with E-state index in [4.69, 9.17) is 5.73 Å². The summed E-state index contributed by atoms with van der Waals surface area (Å²) in [7, 11) is 2.19. The fourth-order valence-electron chi connectivity index (χ4n) is 1.46. The van der Waals surface area contributed by atoms with E-state index in [9.17, 15) is 0 Å². The van der Waals surface area contributed by atoms with Gasteiger partial charge < -0.3 is 10.6 Å². The fraction of sp³-hybridized carbons (Fsp3) is 0.692.